The lowest BCUT2D eigenvalue weighted by Gasteiger charge is -2.01. The van der Waals surface area contributed by atoms with Crippen molar-refractivity contribution in [1.82, 2.24) is 0 Å². The van der Waals surface area contributed by atoms with E-state index in [0.717, 1.165) is 0 Å². The highest BCUT2D eigenvalue weighted by Gasteiger charge is 2.13. The Morgan fingerprint density at radius 1 is 1.75 bits per heavy atom. The van der Waals surface area contributed by atoms with Gasteiger partial charge in [0.05, 0.1) is 0 Å². The summed E-state index contributed by atoms with van der Waals surface area (Å²) in [5.74, 6) is -0.572. The summed E-state index contributed by atoms with van der Waals surface area (Å²) in [6.45, 7) is 0. The molecule has 0 aliphatic carbocycles. The van der Waals surface area contributed by atoms with Crippen LogP contribution in [0.5, 0.6) is 0 Å². The number of halogens is 1. The van der Waals surface area contributed by atoms with Gasteiger partial charge in [-0.1, -0.05) is 0 Å². The second kappa shape index (κ2) is 3.60. The van der Waals surface area contributed by atoms with Crippen molar-refractivity contribution in [3.05, 3.63) is 23.1 Å². The van der Waals surface area contributed by atoms with E-state index in [1.54, 1.807) is 12.1 Å². The fraction of sp³-hybridized carbons (Fsp3) is 0.286. The maximum absolute atomic E-state index is 10.3. The van der Waals surface area contributed by atoms with Gasteiger partial charge in [0.1, 0.15) is 11.8 Å². The van der Waals surface area contributed by atoms with E-state index in [-0.39, 0.29) is 11.6 Å². The molecular weight excluding hydrogens is 182 g/mol. The molecule has 3 N–H and O–H groups in total. The number of rotatable bonds is 3. The fourth-order valence-corrected chi connectivity index (χ4v) is 0.928. The molecule has 0 radical (unpaired) electrons. The molecular formula is C7H8ClNO3. The van der Waals surface area contributed by atoms with Gasteiger partial charge in [0.2, 0.25) is 0 Å². The Kier molecular flexibility index (Phi) is 2.73. The third-order valence-corrected chi connectivity index (χ3v) is 1.57. The van der Waals surface area contributed by atoms with Gasteiger partial charge in [-0.15, -0.1) is 0 Å². The maximum atomic E-state index is 10.3. The largest absolute Gasteiger partial charge is 0.480 e. The topological polar surface area (TPSA) is 76.5 Å². The van der Waals surface area contributed by atoms with Crippen LogP contribution in [0, 0.1) is 0 Å². The monoisotopic (exact) mass is 189 g/mol. The molecule has 0 unspecified atom stereocenters. The lowest BCUT2D eigenvalue weighted by Crippen LogP contribution is -2.32. The third-order valence-electron chi connectivity index (χ3n) is 1.37. The number of carboxylic acid groups (broad SMARTS) is 1. The van der Waals surface area contributed by atoms with Crippen LogP contribution in [0.1, 0.15) is 5.76 Å². The normalized spacial score (nSPS) is 12.8. The third kappa shape index (κ3) is 2.25. The maximum Gasteiger partial charge on any atom is 0.320 e. The van der Waals surface area contributed by atoms with Crippen LogP contribution in [0.15, 0.2) is 16.5 Å². The Labute approximate surface area is 73.9 Å². The van der Waals surface area contributed by atoms with Crippen molar-refractivity contribution in [2.24, 2.45) is 5.73 Å². The van der Waals surface area contributed by atoms with Crippen LogP contribution in [-0.4, -0.2) is 17.1 Å². The van der Waals surface area contributed by atoms with Crippen molar-refractivity contribution in [3.63, 3.8) is 0 Å². The molecule has 1 aromatic rings. The molecule has 0 fully saturated rings. The number of furan rings is 1. The summed E-state index contributed by atoms with van der Waals surface area (Å²) in [4.78, 5) is 10.3. The first kappa shape index (κ1) is 9.09. The Balaban J connectivity index is 2.58. The number of nitrogens with two attached hydrogens (primary N) is 1. The van der Waals surface area contributed by atoms with Crippen LogP contribution in [0.25, 0.3) is 0 Å². The lowest BCUT2D eigenvalue weighted by molar-refractivity contribution is -0.138. The number of hydrogen-bond donors (Lipinski definition) is 2. The minimum Gasteiger partial charge on any atom is -0.480 e. The van der Waals surface area contributed by atoms with Crippen molar-refractivity contribution >= 4 is 17.6 Å². The molecule has 0 saturated heterocycles. The highest BCUT2D eigenvalue weighted by molar-refractivity contribution is 6.28. The molecule has 12 heavy (non-hydrogen) atoms. The van der Waals surface area contributed by atoms with E-state index in [4.69, 9.17) is 26.9 Å². The zero-order valence-corrected chi connectivity index (χ0v) is 6.91. The summed E-state index contributed by atoms with van der Waals surface area (Å²) in [7, 11) is 0. The number of carboxylic acids is 1. The number of hydrogen-bond acceptors (Lipinski definition) is 3. The summed E-state index contributed by atoms with van der Waals surface area (Å²) in [6, 6.07) is 2.21. The molecule has 1 atom stereocenters. The summed E-state index contributed by atoms with van der Waals surface area (Å²) in [5.41, 5.74) is 5.26. The minimum absolute atomic E-state index is 0.155. The van der Waals surface area contributed by atoms with E-state index in [2.05, 4.69) is 0 Å². The summed E-state index contributed by atoms with van der Waals surface area (Å²) >= 11 is 5.47. The highest BCUT2D eigenvalue weighted by atomic mass is 35.5. The zero-order valence-electron chi connectivity index (χ0n) is 6.16. The van der Waals surface area contributed by atoms with Crippen LogP contribution < -0.4 is 5.73 Å². The lowest BCUT2D eigenvalue weighted by atomic mass is 10.2. The Morgan fingerprint density at radius 3 is 2.83 bits per heavy atom. The van der Waals surface area contributed by atoms with E-state index in [1.165, 1.54) is 0 Å². The van der Waals surface area contributed by atoms with Gasteiger partial charge >= 0.3 is 5.97 Å². The van der Waals surface area contributed by atoms with Crippen LogP contribution in [0.4, 0.5) is 0 Å². The van der Waals surface area contributed by atoms with E-state index in [0.29, 0.717) is 5.76 Å². The molecule has 1 heterocycles. The molecule has 0 spiro atoms. The second-order valence-electron chi connectivity index (χ2n) is 2.35. The van der Waals surface area contributed by atoms with Crippen molar-refractivity contribution in [3.8, 4) is 0 Å². The Bertz CT molecular complexity index is 284. The summed E-state index contributed by atoms with van der Waals surface area (Å²) in [6.07, 6.45) is 0.155. The number of carbonyl (C=O) groups is 1. The predicted molar refractivity (Wildman–Crippen MR) is 43.0 cm³/mol. The van der Waals surface area contributed by atoms with Crippen LogP contribution >= 0.6 is 11.6 Å². The van der Waals surface area contributed by atoms with Crippen LogP contribution in [0.3, 0.4) is 0 Å². The molecule has 1 aromatic heterocycles. The fourth-order valence-electron chi connectivity index (χ4n) is 0.766. The Hall–Kier alpha value is -1.00. The molecule has 0 saturated carbocycles. The summed E-state index contributed by atoms with van der Waals surface area (Å²) < 4.78 is 4.93. The predicted octanol–water partition coefficient (Wildman–Crippen LogP) is 0.887. The smallest absolute Gasteiger partial charge is 0.320 e. The molecule has 0 aliphatic heterocycles. The molecule has 4 nitrogen and oxygen atoms in total. The molecule has 0 amide bonds. The van der Waals surface area contributed by atoms with Gasteiger partial charge in [-0.2, -0.15) is 0 Å². The van der Waals surface area contributed by atoms with Gasteiger partial charge < -0.3 is 15.3 Å². The van der Waals surface area contributed by atoms with E-state index in [1.807, 2.05) is 0 Å². The second-order valence-corrected chi connectivity index (χ2v) is 2.73. The average molecular weight is 190 g/mol. The average Bonchev–Trinajstić information content (AvgIpc) is 2.35. The van der Waals surface area contributed by atoms with Gasteiger partial charge in [-0.25, -0.2) is 0 Å². The molecule has 0 aliphatic rings. The van der Waals surface area contributed by atoms with Crippen molar-refractivity contribution in [1.29, 1.82) is 0 Å². The standard InChI is InChI=1S/C7H8ClNO3/c8-6-2-1-4(12-6)3-5(9)7(10)11/h1-2,5H,3,9H2,(H,10,11)/t5-/m0/s1. The van der Waals surface area contributed by atoms with Gasteiger partial charge in [0.25, 0.3) is 0 Å². The van der Waals surface area contributed by atoms with E-state index in [9.17, 15) is 4.79 Å². The van der Waals surface area contributed by atoms with Gasteiger partial charge in [0.15, 0.2) is 5.22 Å². The quantitative estimate of drug-likeness (QED) is 0.740. The molecule has 1 rings (SSSR count). The van der Waals surface area contributed by atoms with Gasteiger partial charge in [-0.3, -0.25) is 4.79 Å². The van der Waals surface area contributed by atoms with E-state index < -0.39 is 12.0 Å². The molecule has 0 aromatic carbocycles. The van der Waals surface area contributed by atoms with Crippen molar-refractivity contribution < 1.29 is 14.3 Å². The Morgan fingerprint density at radius 2 is 2.42 bits per heavy atom. The van der Waals surface area contributed by atoms with E-state index >= 15 is 0 Å². The van der Waals surface area contributed by atoms with Gasteiger partial charge in [-0.05, 0) is 23.7 Å². The zero-order chi connectivity index (χ0) is 9.14. The minimum atomic E-state index is -1.05. The molecule has 0 bridgehead atoms. The SMILES string of the molecule is N[C@@H](Cc1ccc(Cl)o1)C(=O)O. The molecule has 66 valence electrons. The number of aliphatic carboxylic acids is 1. The summed E-state index contributed by atoms with van der Waals surface area (Å²) in [5, 5.41) is 8.69. The first-order valence-corrected chi connectivity index (χ1v) is 3.70. The highest BCUT2D eigenvalue weighted by Crippen LogP contribution is 2.14. The molecule has 5 heteroatoms. The van der Waals surface area contributed by atoms with Crippen molar-refractivity contribution in [2.45, 2.75) is 12.5 Å². The first-order chi connectivity index (χ1) is 5.59. The van der Waals surface area contributed by atoms with Crippen LogP contribution in [-0.2, 0) is 11.2 Å². The van der Waals surface area contributed by atoms with Crippen molar-refractivity contribution in [2.75, 3.05) is 0 Å². The first-order valence-electron chi connectivity index (χ1n) is 3.32. The van der Waals surface area contributed by atoms with Gasteiger partial charge in [0, 0.05) is 6.42 Å². The van der Waals surface area contributed by atoms with Crippen LogP contribution in [0.2, 0.25) is 5.22 Å².